The average molecular weight is 249 g/mol. The molecule has 2 aromatic rings. The highest BCUT2D eigenvalue weighted by Crippen LogP contribution is 2.30. The maximum absolute atomic E-state index is 13.1. The van der Waals surface area contributed by atoms with Crippen molar-refractivity contribution in [3.05, 3.63) is 47.6 Å². The molecular weight excluding hydrogens is 233 g/mol. The minimum atomic E-state index is -0.178. The molecule has 0 aliphatic heterocycles. The summed E-state index contributed by atoms with van der Waals surface area (Å²) in [5, 5.41) is 4.50. The normalized spacial score (nSPS) is 12.8. The number of halogens is 1. The summed E-state index contributed by atoms with van der Waals surface area (Å²) in [6, 6.07) is 7.18. The summed E-state index contributed by atoms with van der Waals surface area (Å²) in [7, 11) is 0. The van der Waals surface area contributed by atoms with Gasteiger partial charge in [-0.2, -0.15) is 0 Å². The summed E-state index contributed by atoms with van der Waals surface area (Å²) >= 11 is 1.62. The summed E-state index contributed by atoms with van der Waals surface area (Å²) in [4.78, 5) is 1.19. The monoisotopic (exact) mass is 249 g/mol. The second-order valence-corrected chi connectivity index (χ2v) is 5.11. The molecule has 1 heterocycles. The van der Waals surface area contributed by atoms with Crippen LogP contribution in [0.15, 0.2) is 36.9 Å². The molecule has 1 aromatic heterocycles. The molecule has 0 amide bonds. The summed E-state index contributed by atoms with van der Waals surface area (Å²) in [6.45, 7) is 6.94. The van der Waals surface area contributed by atoms with Crippen LogP contribution in [0, 0.1) is 5.82 Å². The van der Waals surface area contributed by atoms with Crippen LogP contribution in [0.4, 0.5) is 4.39 Å². The summed E-state index contributed by atoms with van der Waals surface area (Å²) in [6.07, 6.45) is 2.99. The van der Waals surface area contributed by atoms with Crippen molar-refractivity contribution >= 4 is 21.4 Å². The maximum atomic E-state index is 13.1. The predicted molar refractivity (Wildman–Crippen MR) is 73.0 cm³/mol. The standard InChI is InChI=1S/C14H16FNS/c1-3-7-16-12(4-2)14-8-10-5-6-11(15)9-13(10)17-14/h4-6,8-9,12,16H,2-3,7H2,1H3. The molecule has 0 aliphatic rings. The van der Waals surface area contributed by atoms with Gasteiger partial charge in [-0.05, 0) is 36.6 Å². The van der Waals surface area contributed by atoms with Gasteiger partial charge in [0.15, 0.2) is 0 Å². The van der Waals surface area contributed by atoms with Crippen molar-refractivity contribution in [2.45, 2.75) is 19.4 Å². The first-order valence-corrected chi connectivity index (χ1v) is 6.61. The Balaban J connectivity index is 2.30. The summed E-state index contributed by atoms with van der Waals surface area (Å²) < 4.78 is 14.1. The van der Waals surface area contributed by atoms with E-state index in [9.17, 15) is 4.39 Å². The van der Waals surface area contributed by atoms with E-state index >= 15 is 0 Å². The fourth-order valence-electron chi connectivity index (χ4n) is 1.78. The zero-order valence-corrected chi connectivity index (χ0v) is 10.7. The molecule has 0 saturated heterocycles. The Bertz CT molecular complexity index is 518. The Morgan fingerprint density at radius 1 is 1.47 bits per heavy atom. The van der Waals surface area contributed by atoms with Crippen LogP contribution in [0.2, 0.25) is 0 Å². The molecule has 0 bridgehead atoms. The summed E-state index contributed by atoms with van der Waals surface area (Å²) in [5.74, 6) is -0.178. The fourth-order valence-corrected chi connectivity index (χ4v) is 2.94. The zero-order valence-electron chi connectivity index (χ0n) is 9.87. The van der Waals surface area contributed by atoms with Gasteiger partial charge < -0.3 is 5.32 Å². The second kappa shape index (κ2) is 5.43. The molecule has 90 valence electrons. The van der Waals surface area contributed by atoms with E-state index in [4.69, 9.17) is 0 Å². The smallest absolute Gasteiger partial charge is 0.124 e. The van der Waals surface area contributed by atoms with Gasteiger partial charge >= 0.3 is 0 Å². The lowest BCUT2D eigenvalue weighted by Gasteiger charge is -2.11. The molecule has 0 radical (unpaired) electrons. The van der Waals surface area contributed by atoms with E-state index in [1.807, 2.05) is 12.1 Å². The van der Waals surface area contributed by atoms with E-state index in [2.05, 4.69) is 24.9 Å². The van der Waals surface area contributed by atoms with E-state index in [0.29, 0.717) is 0 Å². The number of hydrogen-bond donors (Lipinski definition) is 1. The Morgan fingerprint density at radius 3 is 3.00 bits per heavy atom. The van der Waals surface area contributed by atoms with Crippen LogP contribution in [0.5, 0.6) is 0 Å². The van der Waals surface area contributed by atoms with Crippen molar-refractivity contribution in [2.24, 2.45) is 0 Å². The zero-order chi connectivity index (χ0) is 12.3. The molecule has 0 fully saturated rings. The van der Waals surface area contributed by atoms with Gasteiger partial charge in [-0.1, -0.05) is 19.1 Å². The third kappa shape index (κ3) is 2.73. The number of nitrogens with one attached hydrogen (secondary N) is 1. The predicted octanol–water partition coefficient (Wildman–Crippen LogP) is 4.27. The van der Waals surface area contributed by atoms with E-state index in [-0.39, 0.29) is 11.9 Å². The number of hydrogen-bond acceptors (Lipinski definition) is 2. The highest BCUT2D eigenvalue weighted by atomic mass is 32.1. The van der Waals surface area contributed by atoms with Gasteiger partial charge in [0, 0.05) is 9.58 Å². The van der Waals surface area contributed by atoms with Gasteiger partial charge in [0.05, 0.1) is 6.04 Å². The molecular formula is C14H16FNS. The van der Waals surface area contributed by atoms with Crippen LogP contribution < -0.4 is 5.32 Å². The van der Waals surface area contributed by atoms with Crippen LogP contribution in [0.3, 0.4) is 0 Å². The molecule has 1 atom stereocenters. The molecule has 0 aliphatic carbocycles. The van der Waals surface area contributed by atoms with Crippen LogP contribution in [0.1, 0.15) is 24.3 Å². The lowest BCUT2D eigenvalue weighted by Crippen LogP contribution is -2.19. The molecule has 3 heteroatoms. The third-order valence-corrected chi connectivity index (χ3v) is 3.84. The first-order valence-electron chi connectivity index (χ1n) is 5.79. The molecule has 2 rings (SSSR count). The molecule has 0 saturated carbocycles. The van der Waals surface area contributed by atoms with Crippen LogP contribution in [-0.2, 0) is 0 Å². The first-order chi connectivity index (χ1) is 8.24. The number of rotatable bonds is 5. The van der Waals surface area contributed by atoms with Crippen molar-refractivity contribution in [1.82, 2.24) is 5.32 Å². The summed E-state index contributed by atoms with van der Waals surface area (Å²) in [5.41, 5.74) is 0. The van der Waals surface area contributed by atoms with E-state index in [1.165, 1.54) is 10.9 Å². The van der Waals surface area contributed by atoms with Crippen molar-refractivity contribution in [2.75, 3.05) is 6.54 Å². The minimum absolute atomic E-state index is 0.162. The van der Waals surface area contributed by atoms with Crippen molar-refractivity contribution < 1.29 is 4.39 Å². The number of thiophene rings is 1. The third-order valence-electron chi connectivity index (χ3n) is 2.66. The average Bonchev–Trinajstić information content (AvgIpc) is 2.72. The van der Waals surface area contributed by atoms with Gasteiger partial charge in [0.25, 0.3) is 0 Å². The van der Waals surface area contributed by atoms with E-state index in [0.717, 1.165) is 23.1 Å². The van der Waals surface area contributed by atoms with Gasteiger partial charge in [0.1, 0.15) is 5.82 Å². The van der Waals surface area contributed by atoms with Gasteiger partial charge in [-0.15, -0.1) is 17.9 Å². The molecule has 0 spiro atoms. The van der Waals surface area contributed by atoms with Gasteiger partial charge in [0.2, 0.25) is 0 Å². The lowest BCUT2D eigenvalue weighted by atomic mass is 10.2. The highest BCUT2D eigenvalue weighted by molar-refractivity contribution is 7.19. The molecule has 1 unspecified atom stereocenters. The van der Waals surface area contributed by atoms with Gasteiger partial charge in [-0.3, -0.25) is 0 Å². The minimum Gasteiger partial charge on any atom is -0.306 e. The number of fused-ring (bicyclic) bond motifs is 1. The Labute approximate surface area is 105 Å². The highest BCUT2D eigenvalue weighted by Gasteiger charge is 2.10. The van der Waals surface area contributed by atoms with Crippen molar-refractivity contribution in [3.8, 4) is 0 Å². The van der Waals surface area contributed by atoms with Crippen molar-refractivity contribution in [3.63, 3.8) is 0 Å². The van der Waals surface area contributed by atoms with Crippen LogP contribution >= 0.6 is 11.3 Å². The first kappa shape index (κ1) is 12.3. The second-order valence-electron chi connectivity index (χ2n) is 4.00. The fraction of sp³-hybridized carbons (Fsp3) is 0.286. The quantitative estimate of drug-likeness (QED) is 0.780. The largest absolute Gasteiger partial charge is 0.306 e. The molecule has 17 heavy (non-hydrogen) atoms. The molecule has 1 N–H and O–H groups in total. The number of benzene rings is 1. The van der Waals surface area contributed by atoms with E-state index < -0.39 is 0 Å². The topological polar surface area (TPSA) is 12.0 Å². The molecule has 1 nitrogen and oxygen atoms in total. The Morgan fingerprint density at radius 2 is 2.29 bits per heavy atom. The Hall–Kier alpha value is -1.19. The lowest BCUT2D eigenvalue weighted by molar-refractivity contribution is 0.621. The molecule has 1 aromatic carbocycles. The van der Waals surface area contributed by atoms with E-state index in [1.54, 1.807) is 17.4 Å². The Kier molecular flexibility index (Phi) is 3.92. The van der Waals surface area contributed by atoms with Crippen LogP contribution in [0.25, 0.3) is 10.1 Å². The SMILES string of the molecule is C=CC(NCCC)c1cc2ccc(F)cc2s1. The van der Waals surface area contributed by atoms with Gasteiger partial charge in [-0.25, -0.2) is 4.39 Å². The van der Waals surface area contributed by atoms with Crippen molar-refractivity contribution in [1.29, 1.82) is 0 Å². The van der Waals surface area contributed by atoms with Crippen LogP contribution in [-0.4, -0.2) is 6.54 Å². The maximum Gasteiger partial charge on any atom is 0.124 e.